The molecule has 0 fully saturated rings. The first-order valence-corrected chi connectivity index (χ1v) is 6.59. The van der Waals surface area contributed by atoms with Gasteiger partial charge in [0.05, 0.1) is 12.3 Å². The molecule has 21 heavy (non-hydrogen) atoms. The highest BCUT2D eigenvalue weighted by atomic mass is 16.5. The Kier molecular flexibility index (Phi) is 5.95. The van der Waals surface area contributed by atoms with E-state index in [1.54, 1.807) is 13.8 Å². The van der Waals surface area contributed by atoms with Crippen LogP contribution in [0.5, 0.6) is 0 Å². The number of carbonyl (C=O) groups excluding carboxylic acids is 2. The van der Waals surface area contributed by atoms with E-state index in [4.69, 9.17) is 14.6 Å². The zero-order valence-corrected chi connectivity index (χ0v) is 12.3. The molecule has 0 spiro atoms. The maximum Gasteiger partial charge on any atom is 0.355 e. The van der Waals surface area contributed by atoms with Gasteiger partial charge >= 0.3 is 17.9 Å². The lowest BCUT2D eigenvalue weighted by Crippen LogP contribution is -2.07. The standard InChI is InChI=1S/C14H19NO6/c1-4-20-14(19)13-8(2)10(5-6-12(17)18)11(15-13)7-21-9(3)16/h15H,4-7H2,1-3H3,(H,17,18). The highest BCUT2D eigenvalue weighted by Crippen LogP contribution is 2.22. The van der Waals surface area contributed by atoms with E-state index in [1.807, 2.05) is 0 Å². The van der Waals surface area contributed by atoms with Crippen molar-refractivity contribution >= 4 is 17.9 Å². The molecular weight excluding hydrogens is 278 g/mol. The minimum Gasteiger partial charge on any atom is -0.481 e. The Bertz CT molecular complexity index is 546. The number of hydrogen-bond donors (Lipinski definition) is 2. The lowest BCUT2D eigenvalue weighted by atomic mass is 10.0. The number of aromatic nitrogens is 1. The molecule has 116 valence electrons. The van der Waals surface area contributed by atoms with E-state index in [9.17, 15) is 14.4 Å². The van der Waals surface area contributed by atoms with Gasteiger partial charge in [0.2, 0.25) is 0 Å². The van der Waals surface area contributed by atoms with E-state index in [0.717, 1.165) is 0 Å². The van der Waals surface area contributed by atoms with Gasteiger partial charge in [-0.2, -0.15) is 0 Å². The Morgan fingerprint density at radius 1 is 1.24 bits per heavy atom. The fourth-order valence-electron chi connectivity index (χ4n) is 1.97. The van der Waals surface area contributed by atoms with Crippen molar-refractivity contribution in [1.29, 1.82) is 0 Å². The third-order valence-corrected chi connectivity index (χ3v) is 2.96. The van der Waals surface area contributed by atoms with Crippen molar-refractivity contribution < 1.29 is 29.0 Å². The molecular formula is C14H19NO6. The average Bonchev–Trinajstić information content (AvgIpc) is 2.71. The van der Waals surface area contributed by atoms with Crippen molar-refractivity contribution in [3.63, 3.8) is 0 Å². The summed E-state index contributed by atoms with van der Waals surface area (Å²) in [5, 5.41) is 8.79. The third-order valence-electron chi connectivity index (χ3n) is 2.96. The molecule has 0 saturated carbocycles. The summed E-state index contributed by atoms with van der Waals surface area (Å²) in [6.45, 7) is 4.88. The normalized spacial score (nSPS) is 10.2. The maximum atomic E-state index is 11.8. The molecule has 0 amide bonds. The van der Waals surface area contributed by atoms with Crippen molar-refractivity contribution in [2.45, 2.75) is 40.2 Å². The van der Waals surface area contributed by atoms with Gasteiger partial charge in [0, 0.05) is 13.3 Å². The fraction of sp³-hybridized carbons (Fsp3) is 0.500. The zero-order valence-electron chi connectivity index (χ0n) is 12.3. The second-order valence-electron chi connectivity index (χ2n) is 4.48. The van der Waals surface area contributed by atoms with Gasteiger partial charge in [-0.15, -0.1) is 0 Å². The van der Waals surface area contributed by atoms with Crippen LogP contribution in [0.2, 0.25) is 0 Å². The molecule has 1 aromatic heterocycles. The van der Waals surface area contributed by atoms with Crippen molar-refractivity contribution in [2.75, 3.05) is 6.61 Å². The number of H-pyrrole nitrogens is 1. The summed E-state index contributed by atoms with van der Waals surface area (Å²) in [7, 11) is 0. The topological polar surface area (TPSA) is 106 Å². The number of ether oxygens (including phenoxy) is 2. The van der Waals surface area contributed by atoms with Crippen LogP contribution in [0.15, 0.2) is 0 Å². The molecule has 0 saturated heterocycles. The summed E-state index contributed by atoms with van der Waals surface area (Å²) in [4.78, 5) is 36.3. The number of hydrogen-bond acceptors (Lipinski definition) is 5. The largest absolute Gasteiger partial charge is 0.481 e. The lowest BCUT2D eigenvalue weighted by molar-refractivity contribution is -0.142. The highest BCUT2D eigenvalue weighted by Gasteiger charge is 2.21. The van der Waals surface area contributed by atoms with Gasteiger partial charge in [0.15, 0.2) is 0 Å². The summed E-state index contributed by atoms with van der Waals surface area (Å²) in [6, 6.07) is 0. The van der Waals surface area contributed by atoms with Crippen molar-refractivity contribution in [1.82, 2.24) is 4.98 Å². The van der Waals surface area contributed by atoms with E-state index < -0.39 is 17.9 Å². The molecule has 0 aliphatic rings. The Balaban J connectivity index is 3.06. The van der Waals surface area contributed by atoms with Gasteiger partial charge < -0.3 is 19.6 Å². The Hall–Kier alpha value is -2.31. The summed E-state index contributed by atoms with van der Waals surface area (Å²) < 4.78 is 9.85. The second-order valence-corrected chi connectivity index (χ2v) is 4.48. The number of nitrogens with one attached hydrogen (secondary N) is 1. The summed E-state index contributed by atoms with van der Waals surface area (Å²) in [5.41, 5.74) is 2.07. The van der Waals surface area contributed by atoms with Crippen LogP contribution in [0, 0.1) is 6.92 Å². The SMILES string of the molecule is CCOC(=O)c1[nH]c(COC(C)=O)c(CCC(=O)O)c1C. The molecule has 7 nitrogen and oxygen atoms in total. The number of carboxylic acid groups (broad SMARTS) is 1. The lowest BCUT2D eigenvalue weighted by Gasteiger charge is -2.04. The smallest absolute Gasteiger partial charge is 0.355 e. The Labute approximate surface area is 122 Å². The molecule has 0 aliphatic carbocycles. The van der Waals surface area contributed by atoms with Crippen molar-refractivity contribution in [3.8, 4) is 0 Å². The molecule has 1 heterocycles. The van der Waals surface area contributed by atoms with Gasteiger partial charge in [0.1, 0.15) is 12.3 Å². The molecule has 0 unspecified atom stereocenters. The van der Waals surface area contributed by atoms with Crippen LogP contribution >= 0.6 is 0 Å². The van der Waals surface area contributed by atoms with Gasteiger partial charge in [-0.1, -0.05) is 0 Å². The number of aromatic amines is 1. The van der Waals surface area contributed by atoms with Crippen LogP contribution in [-0.4, -0.2) is 34.6 Å². The van der Waals surface area contributed by atoms with Gasteiger partial charge in [-0.05, 0) is 31.4 Å². The quantitative estimate of drug-likeness (QED) is 0.740. The van der Waals surface area contributed by atoms with Crippen molar-refractivity contribution in [2.24, 2.45) is 0 Å². The first kappa shape index (κ1) is 16.7. The highest BCUT2D eigenvalue weighted by molar-refractivity contribution is 5.90. The van der Waals surface area contributed by atoms with E-state index >= 15 is 0 Å². The first-order chi connectivity index (χ1) is 9.86. The Morgan fingerprint density at radius 2 is 1.90 bits per heavy atom. The van der Waals surface area contributed by atoms with Gasteiger partial charge in [-0.3, -0.25) is 9.59 Å². The molecule has 1 rings (SSSR count). The van der Waals surface area contributed by atoms with Crippen LogP contribution in [0.4, 0.5) is 0 Å². The van der Waals surface area contributed by atoms with Crippen LogP contribution in [0.25, 0.3) is 0 Å². The van der Waals surface area contributed by atoms with Gasteiger partial charge in [-0.25, -0.2) is 4.79 Å². The predicted octanol–water partition coefficient (Wildman–Crippen LogP) is 1.58. The maximum absolute atomic E-state index is 11.8. The van der Waals surface area contributed by atoms with Crippen LogP contribution in [0.1, 0.15) is 47.6 Å². The number of aliphatic carboxylic acids is 1. The number of esters is 2. The molecule has 0 bridgehead atoms. The molecule has 0 atom stereocenters. The fourth-order valence-corrected chi connectivity index (χ4v) is 1.97. The number of rotatable bonds is 7. The third kappa shape index (κ3) is 4.62. The second kappa shape index (κ2) is 7.47. The summed E-state index contributed by atoms with van der Waals surface area (Å²) >= 11 is 0. The molecule has 0 aromatic carbocycles. The minimum absolute atomic E-state index is 0.0372. The van der Waals surface area contributed by atoms with Crippen LogP contribution in [0.3, 0.4) is 0 Å². The van der Waals surface area contributed by atoms with E-state index in [-0.39, 0.29) is 31.7 Å². The average molecular weight is 297 g/mol. The molecule has 0 aliphatic heterocycles. The van der Waals surface area contributed by atoms with Gasteiger partial charge in [0.25, 0.3) is 0 Å². The molecule has 1 aromatic rings. The molecule has 0 radical (unpaired) electrons. The number of carboxylic acids is 1. The minimum atomic E-state index is -0.938. The van der Waals surface area contributed by atoms with Crippen molar-refractivity contribution in [3.05, 3.63) is 22.5 Å². The van der Waals surface area contributed by atoms with Crippen LogP contribution in [-0.2, 0) is 32.1 Å². The van der Waals surface area contributed by atoms with Crippen LogP contribution < -0.4 is 0 Å². The first-order valence-electron chi connectivity index (χ1n) is 6.59. The van der Waals surface area contributed by atoms with E-state index in [0.29, 0.717) is 16.8 Å². The van der Waals surface area contributed by atoms with E-state index in [1.165, 1.54) is 6.92 Å². The Morgan fingerprint density at radius 3 is 2.43 bits per heavy atom. The monoisotopic (exact) mass is 297 g/mol. The predicted molar refractivity (Wildman–Crippen MR) is 72.9 cm³/mol. The number of carbonyl (C=O) groups is 3. The molecule has 2 N–H and O–H groups in total. The van der Waals surface area contributed by atoms with E-state index in [2.05, 4.69) is 4.98 Å². The summed E-state index contributed by atoms with van der Waals surface area (Å²) in [6.07, 6.45) is 0.168. The molecule has 7 heteroatoms. The summed E-state index contributed by atoms with van der Waals surface area (Å²) in [5.74, 6) is -1.91. The zero-order chi connectivity index (χ0) is 16.0.